The highest BCUT2D eigenvalue weighted by molar-refractivity contribution is 8.00. The first-order chi connectivity index (χ1) is 17.8. The van der Waals surface area contributed by atoms with Crippen LogP contribution in [0.2, 0.25) is 0 Å². The van der Waals surface area contributed by atoms with E-state index >= 15 is 0 Å². The second kappa shape index (κ2) is 9.27. The number of nitriles is 1. The average molecular weight is 548 g/mol. The van der Waals surface area contributed by atoms with Crippen LogP contribution in [0, 0.1) is 11.3 Å². The number of rotatable bonds is 5. The lowest BCUT2D eigenvalue weighted by Gasteiger charge is -2.50. The number of nitrogens with one attached hydrogen (secondary N) is 1. The number of aliphatic imine (C=N–C) groups is 2. The van der Waals surface area contributed by atoms with E-state index in [-0.39, 0.29) is 16.5 Å². The maximum absolute atomic E-state index is 14.3. The zero-order chi connectivity index (χ0) is 25.9. The van der Waals surface area contributed by atoms with E-state index in [2.05, 4.69) is 21.2 Å². The van der Waals surface area contributed by atoms with Crippen LogP contribution < -0.4 is 16.8 Å². The molecule has 6 heterocycles. The van der Waals surface area contributed by atoms with Gasteiger partial charge in [0.2, 0.25) is 11.9 Å². The summed E-state index contributed by atoms with van der Waals surface area (Å²) in [5.41, 5.74) is 13.9. The number of fused-ring (bicyclic) bond motifs is 3. The molecule has 3 fully saturated rings. The normalized spacial score (nSPS) is 30.7. The van der Waals surface area contributed by atoms with Gasteiger partial charge in [0.1, 0.15) is 17.2 Å². The maximum Gasteiger partial charge on any atom is 0.252 e. The Balaban J connectivity index is 1.22. The molecule has 0 saturated carbocycles. The second-order valence-electron chi connectivity index (χ2n) is 10.7. The van der Waals surface area contributed by atoms with Crippen molar-refractivity contribution in [2.45, 2.75) is 67.8 Å². The van der Waals surface area contributed by atoms with Crippen LogP contribution in [0.4, 0.5) is 9.39 Å². The van der Waals surface area contributed by atoms with Gasteiger partial charge in [-0.2, -0.15) is 15.2 Å². The van der Waals surface area contributed by atoms with Crippen LogP contribution in [0.1, 0.15) is 49.1 Å². The third-order valence-electron chi connectivity index (χ3n) is 8.30. The number of ether oxygens (including phenoxy) is 1. The minimum Gasteiger partial charge on any atom is -0.389 e. The van der Waals surface area contributed by atoms with Gasteiger partial charge in [-0.05, 0) is 33.2 Å². The van der Waals surface area contributed by atoms with Crippen molar-refractivity contribution >= 4 is 40.0 Å². The van der Waals surface area contributed by atoms with Gasteiger partial charge in [0.15, 0.2) is 0 Å². The third kappa shape index (κ3) is 4.08. The van der Waals surface area contributed by atoms with Gasteiger partial charge >= 0.3 is 0 Å². The first-order valence-electron chi connectivity index (χ1n) is 12.9. The molecular weight excluding hydrogens is 513 g/mol. The molecule has 0 aromatic carbocycles. The molecule has 0 amide bonds. The fraction of sp³-hybridized carbons (Fsp3) is 0.708. The Kier molecular flexibility index (Phi) is 6.31. The first-order valence-corrected chi connectivity index (χ1v) is 14.7. The van der Waals surface area contributed by atoms with Gasteiger partial charge in [-0.1, -0.05) is 0 Å². The van der Waals surface area contributed by atoms with Gasteiger partial charge in [0, 0.05) is 54.3 Å². The van der Waals surface area contributed by atoms with Gasteiger partial charge in [0.05, 0.1) is 23.1 Å². The highest BCUT2D eigenvalue weighted by Gasteiger charge is 2.54. The van der Waals surface area contributed by atoms with Crippen LogP contribution in [0.15, 0.2) is 9.98 Å². The molecule has 200 valence electrons. The van der Waals surface area contributed by atoms with Crippen molar-refractivity contribution in [3.63, 3.8) is 0 Å². The van der Waals surface area contributed by atoms with Crippen molar-refractivity contribution in [3.05, 3.63) is 16.0 Å². The number of anilines is 1. The summed E-state index contributed by atoms with van der Waals surface area (Å²) < 4.78 is 20.4. The van der Waals surface area contributed by atoms with E-state index in [1.807, 2.05) is 30.5 Å². The molecule has 5 aliphatic heterocycles. The van der Waals surface area contributed by atoms with Crippen LogP contribution in [0.3, 0.4) is 0 Å². The van der Waals surface area contributed by atoms with E-state index in [4.69, 9.17) is 26.2 Å². The predicted octanol–water partition coefficient (Wildman–Crippen LogP) is 1.78. The lowest BCUT2D eigenvalue weighted by molar-refractivity contribution is -0.00762. The highest BCUT2D eigenvalue weighted by atomic mass is 32.2. The Hall–Kier alpha value is -2.11. The summed E-state index contributed by atoms with van der Waals surface area (Å²) in [6.45, 7) is 7.86. The number of guanidine groups is 2. The highest BCUT2D eigenvalue weighted by Crippen LogP contribution is 2.57. The van der Waals surface area contributed by atoms with Crippen molar-refractivity contribution in [2.24, 2.45) is 15.7 Å². The van der Waals surface area contributed by atoms with Gasteiger partial charge in [-0.15, -0.1) is 23.1 Å². The van der Waals surface area contributed by atoms with Crippen molar-refractivity contribution in [1.29, 1.82) is 5.26 Å². The predicted molar refractivity (Wildman–Crippen MR) is 145 cm³/mol. The molecule has 3 saturated heterocycles. The molecule has 13 heteroatoms. The zero-order valence-electron chi connectivity index (χ0n) is 21.2. The number of nitrogens with zero attached hydrogens (tertiary/aromatic N) is 6. The lowest BCUT2D eigenvalue weighted by atomic mass is 9.88. The maximum atomic E-state index is 14.3. The molecular formula is C24H34FN9OS2. The van der Waals surface area contributed by atoms with Crippen LogP contribution >= 0.6 is 23.1 Å². The standard InChI is InChI=1S/C24H34FN9OS2/c1-3-34(14(2)27)21-29-20(30-22(31-21)35-13-23-5-4-6-33(23)9-15(25)7-23)32-11-24(12-32)18-16(8-26)19(28)37-17(18)10-36-24/h14-15,22H,3-7,9-13,27-28H2,1-2H3,(H,29,30,31)/t14-,15-,22?,23+/m1/s1. The fourth-order valence-electron chi connectivity index (χ4n) is 6.53. The minimum atomic E-state index is -0.806. The molecule has 5 aliphatic rings. The molecule has 6 rings (SSSR count). The molecule has 4 atom stereocenters. The summed E-state index contributed by atoms with van der Waals surface area (Å²) in [4.78, 5) is 17.2. The molecule has 10 nitrogen and oxygen atoms in total. The molecule has 0 bridgehead atoms. The zero-order valence-corrected chi connectivity index (χ0v) is 22.9. The van der Waals surface area contributed by atoms with Crippen LogP contribution in [-0.2, 0) is 15.2 Å². The van der Waals surface area contributed by atoms with E-state index < -0.39 is 12.5 Å². The largest absolute Gasteiger partial charge is 0.389 e. The van der Waals surface area contributed by atoms with Gasteiger partial charge in [0.25, 0.3) is 6.35 Å². The molecule has 37 heavy (non-hydrogen) atoms. The molecule has 1 spiro atoms. The fourth-order valence-corrected chi connectivity index (χ4v) is 9.34. The van der Waals surface area contributed by atoms with Gasteiger partial charge < -0.3 is 26.0 Å². The van der Waals surface area contributed by atoms with E-state index in [0.717, 1.165) is 30.7 Å². The Morgan fingerprint density at radius 2 is 2.22 bits per heavy atom. The Bertz CT molecular complexity index is 1170. The summed E-state index contributed by atoms with van der Waals surface area (Å²) in [5, 5.41) is 13.7. The first kappa shape index (κ1) is 25.2. The molecule has 1 aromatic rings. The number of hydrogen-bond donors (Lipinski definition) is 3. The molecule has 1 aromatic heterocycles. The van der Waals surface area contributed by atoms with Crippen molar-refractivity contribution < 1.29 is 9.13 Å². The van der Waals surface area contributed by atoms with Gasteiger partial charge in [-0.3, -0.25) is 10.2 Å². The summed E-state index contributed by atoms with van der Waals surface area (Å²) in [7, 11) is 0. The lowest BCUT2D eigenvalue weighted by Crippen LogP contribution is -2.65. The quantitative estimate of drug-likeness (QED) is 0.472. The smallest absolute Gasteiger partial charge is 0.252 e. The van der Waals surface area contributed by atoms with E-state index in [1.54, 1.807) is 0 Å². The molecule has 0 aliphatic carbocycles. The Morgan fingerprint density at radius 1 is 1.41 bits per heavy atom. The average Bonchev–Trinajstić information content (AvgIpc) is 3.55. The number of alkyl halides is 1. The number of thioether (sulfide) groups is 1. The van der Waals surface area contributed by atoms with Crippen molar-refractivity contribution in [1.82, 2.24) is 20.0 Å². The van der Waals surface area contributed by atoms with E-state index in [9.17, 15) is 9.65 Å². The summed E-state index contributed by atoms with van der Waals surface area (Å²) in [6, 6.07) is 2.32. The van der Waals surface area contributed by atoms with Crippen molar-refractivity contribution in [2.75, 3.05) is 45.1 Å². The minimum absolute atomic E-state index is 0.154. The van der Waals surface area contributed by atoms with Gasteiger partial charge in [-0.25, -0.2) is 4.39 Å². The van der Waals surface area contributed by atoms with E-state index in [0.29, 0.717) is 61.7 Å². The number of likely N-dealkylation sites (tertiary alicyclic amines) is 1. The number of nitrogen functional groups attached to an aromatic ring is 1. The Morgan fingerprint density at radius 3 is 2.95 bits per heavy atom. The summed E-state index contributed by atoms with van der Waals surface area (Å²) >= 11 is 3.41. The SMILES string of the molecule is CCN(C1=NC(OC[C@@]23CCCN2C[C@H](F)C3)N=C(N2CC3(C2)SCc2sc(N)c(C#N)c23)N1)[C@H](C)N. The molecule has 5 N–H and O–H groups in total. The number of hydrogen-bond acceptors (Lipinski definition) is 12. The second-order valence-corrected chi connectivity index (χ2v) is 13.2. The monoisotopic (exact) mass is 547 g/mol. The summed E-state index contributed by atoms with van der Waals surface area (Å²) in [5.74, 6) is 2.19. The van der Waals surface area contributed by atoms with Crippen LogP contribution in [-0.4, -0.2) is 90.2 Å². The van der Waals surface area contributed by atoms with Crippen molar-refractivity contribution in [3.8, 4) is 6.07 Å². The number of thiophene rings is 1. The third-order valence-corrected chi connectivity index (χ3v) is 11.0. The molecule has 1 unspecified atom stereocenters. The van der Waals surface area contributed by atoms with E-state index in [1.165, 1.54) is 16.2 Å². The van der Waals surface area contributed by atoms with Crippen LogP contribution in [0.25, 0.3) is 0 Å². The molecule has 0 radical (unpaired) electrons. The summed E-state index contributed by atoms with van der Waals surface area (Å²) in [6.07, 6.45) is 0.720. The number of halogens is 1. The van der Waals surface area contributed by atoms with Crippen LogP contribution in [0.5, 0.6) is 0 Å². The topological polar surface area (TPSA) is 132 Å². The Labute approximate surface area is 224 Å². The number of nitrogens with two attached hydrogens (primary N) is 2.